The molecule has 8 nitrogen and oxygen atoms in total. The molecule has 0 aliphatic heterocycles. The molecule has 9 heteroatoms. The molecule has 0 unspecified atom stereocenters. The number of hydrazone groups is 1. The lowest BCUT2D eigenvalue weighted by atomic mass is 10.2. The lowest BCUT2D eigenvalue weighted by Gasteiger charge is -2.12. The van der Waals surface area contributed by atoms with Crippen molar-refractivity contribution in [1.82, 2.24) is 5.43 Å². The van der Waals surface area contributed by atoms with Crippen molar-refractivity contribution in [2.45, 2.75) is 13.5 Å². The third-order valence-corrected chi connectivity index (χ3v) is 6.28. The predicted molar refractivity (Wildman–Crippen MR) is 158 cm³/mol. The zero-order valence-corrected chi connectivity index (χ0v) is 23.6. The summed E-state index contributed by atoms with van der Waals surface area (Å²) in [5.74, 6) is 0.814. The van der Waals surface area contributed by atoms with Crippen LogP contribution in [-0.2, 0) is 11.4 Å². The van der Waals surface area contributed by atoms with Crippen LogP contribution in [0.1, 0.15) is 27.0 Å². The minimum atomic E-state index is -0.400. The predicted octanol–water partition coefficient (Wildman–Crippen LogP) is 6.13. The van der Waals surface area contributed by atoms with Crippen LogP contribution in [0.25, 0.3) is 0 Å². The number of hydrogen-bond acceptors (Lipinski definition) is 6. The first-order valence-electron chi connectivity index (χ1n) is 12.4. The number of hydrogen-bond donors (Lipinski definition) is 2. The summed E-state index contributed by atoms with van der Waals surface area (Å²) in [6.45, 7) is 2.19. The minimum Gasteiger partial charge on any atom is -0.493 e. The molecule has 0 aromatic heterocycles. The number of amides is 2. The fraction of sp³-hybridized carbons (Fsp3) is 0.129. The number of halogens is 1. The van der Waals surface area contributed by atoms with Gasteiger partial charge in [0.05, 0.1) is 17.8 Å². The number of carbonyl (C=O) groups is 2. The number of aryl methyl sites for hydroxylation is 1. The van der Waals surface area contributed by atoms with Crippen molar-refractivity contribution >= 4 is 39.6 Å². The standard InChI is InChI=1S/C31H28BrN3O5/c1-21-7-6-10-25(15-21)34-30(36)20-40-27-13-11-23(16-26(27)32)18-33-35-31(37)24-12-14-28(29(17-24)38-2)39-19-22-8-4-3-5-9-22/h3-18H,19-20H2,1-2H3,(H,34,36)(H,35,37)/b33-18+. The minimum absolute atomic E-state index is 0.143. The Labute approximate surface area is 241 Å². The highest BCUT2D eigenvalue weighted by atomic mass is 79.9. The molecule has 0 aliphatic carbocycles. The van der Waals surface area contributed by atoms with Crippen LogP contribution in [0, 0.1) is 6.92 Å². The molecule has 4 rings (SSSR count). The Balaban J connectivity index is 1.29. The van der Waals surface area contributed by atoms with Gasteiger partial charge in [-0.3, -0.25) is 9.59 Å². The van der Waals surface area contributed by atoms with Gasteiger partial charge in [0.1, 0.15) is 12.4 Å². The van der Waals surface area contributed by atoms with E-state index in [2.05, 4.69) is 31.8 Å². The normalized spacial score (nSPS) is 10.7. The number of carbonyl (C=O) groups excluding carboxylic acids is 2. The van der Waals surface area contributed by atoms with Gasteiger partial charge in [-0.25, -0.2) is 5.43 Å². The summed E-state index contributed by atoms with van der Waals surface area (Å²) < 4.78 is 17.5. The number of benzene rings is 4. The molecule has 204 valence electrons. The van der Waals surface area contributed by atoms with Crippen LogP contribution in [0.2, 0.25) is 0 Å². The first-order chi connectivity index (χ1) is 19.4. The molecule has 40 heavy (non-hydrogen) atoms. The van der Waals surface area contributed by atoms with Gasteiger partial charge in [-0.15, -0.1) is 0 Å². The maximum atomic E-state index is 12.6. The highest BCUT2D eigenvalue weighted by molar-refractivity contribution is 9.10. The Kier molecular flexibility index (Phi) is 9.90. The molecule has 0 saturated heterocycles. The Morgan fingerprint density at radius 3 is 2.42 bits per heavy atom. The van der Waals surface area contributed by atoms with Crippen LogP contribution < -0.4 is 25.0 Å². The van der Waals surface area contributed by atoms with Crippen molar-refractivity contribution in [2.75, 3.05) is 19.0 Å². The van der Waals surface area contributed by atoms with Crippen LogP contribution in [0.5, 0.6) is 17.2 Å². The molecule has 0 saturated carbocycles. The van der Waals surface area contributed by atoms with Gasteiger partial charge in [0.2, 0.25) is 0 Å². The third kappa shape index (κ3) is 8.18. The summed E-state index contributed by atoms with van der Waals surface area (Å²) in [7, 11) is 1.52. The van der Waals surface area contributed by atoms with Crippen LogP contribution in [0.3, 0.4) is 0 Å². The molecular formula is C31H28BrN3O5. The smallest absolute Gasteiger partial charge is 0.271 e. The van der Waals surface area contributed by atoms with Gasteiger partial charge in [0.15, 0.2) is 18.1 Å². The van der Waals surface area contributed by atoms with Crippen molar-refractivity contribution in [1.29, 1.82) is 0 Å². The Bertz CT molecular complexity index is 1510. The summed E-state index contributed by atoms with van der Waals surface area (Å²) in [4.78, 5) is 24.8. The van der Waals surface area contributed by atoms with Gasteiger partial charge >= 0.3 is 0 Å². The Morgan fingerprint density at radius 2 is 1.68 bits per heavy atom. The highest BCUT2D eigenvalue weighted by Crippen LogP contribution is 2.29. The largest absolute Gasteiger partial charge is 0.493 e. The monoisotopic (exact) mass is 601 g/mol. The van der Waals surface area contributed by atoms with Gasteiger partial charge in [0.25, 0.3) is 11.8 Å². The van der Waals surface area contributed by atoms with Crippen LogP contribution in [-0.4, -0.2) is 31.7 Å². The van der Waals surface area contributed by atoms with Gasteiger partial charge in [-0.05, 0) is 88.1 Å². The SMILES string of the molecule is COc1cc(C(=O)N/N=C/c2ccc(OCC(=O)Nc3cccc(C)c3)c(Br)c2)ccc1OCc1ccccc1. The van der Waals surface area contributed by atoms with E-state index < -0.39 is 5.91 Å². The zero-order chi connectivity index (χ0) is 28.3. The van der Waals surface area contributed by atoms with E-state index in [1.807, 2.05) is 61.5 Å². The summed E-state index contributed by atoms with van der Waals surface area (Å²) in [5.41, 5.74) is 6.39. The van der Waals surface area contributed by atoms with E-state index in [1.165, 1.54) is 13.3 Å². The first-order valence-corrected chi connectivity index (χ1v) is 13.2. The summed E-state index contributed by atoms with van der Waals surface area (Å²) in [6, 6.07) is 27.5. The number of anilines is 1. The van der Waals surface area contributed by atoms with Gasteiger partial charge in [-0.2, -0.15) is 5.10 Å². The maximum absolute atomic E-state index is 12.6. The average Bonchev–Trinajstić information content (AvgIpc) is 2.96. The van der Waals surface area contributed by atoms with Crippen LogP contribution >= 0.6 is 15.9 Å². The third-order valence-electron chi connectivity index (χ3n) is 5.66. The molecule has 0 aliphatic rings. The number of methoxy groups -OCH3 is 1. The molecule has 2 N–H and O–H groups in total. The van der Waals surface area contributed by atoms with Crippen molar-refractivity contribution in [3.8, 4) is 17.2 Å². The van der Waals surface area contributed by atoms with Gasteiger partial charge < -0.3 is 19.5 Å². The number of nitrogens with one attached hydrogen (secondary N) is 2. The number of nitrogens with zero attached hydrogens (tertiary/aromatic N) is 1. The molecule has 4 aromatic rings. The molecule has 0 spiro atoms. The number of ether oxygens (including phenoxy) is 3. The Hall–Kier alpha value is -4.63. The molecule has 0 fully saturated rings. The quantitative estimate of drug-likeness (QED) is 0.159. The van der Waals surface area contributed by atoms with Crippen molar-refractivity contribution in [2.24, 2.45) is 5.10 Å². The molecular weight excluding hydrogens is 574 g/mol. The molecule has 0 radical (unpaired) electrons. The second kappa shape index (κ2) is 14.0. The maximum Gasteiger partial charge on any atom is 0.271 e. The second-order valence-electron chi connectivity index (χ2n) is 8.74. The van der Waals surface area contributed by atoms with Crippen molar-refractivity contribution in [3.05, 3.63) is 118 Å². The molecule has 2 amide bonds. The zero-order valence-electron chi connectivity index (χ0n) is 22.0. The average molecular weight is 602 g/mol. The summed E-state index contributed by atoms with van der Waals surface area (Å²) in [6.07, 6.45) is 1.51. The van der Waals surface area contributed by atoms with Crippen molar-refractivity contribution in [3.63, 3.8) is 0 Å². The highest BCUT2D eigenvalue weighted by Gasteiger charge is 2.12. The Morgan fingerprint density at radius 1 is 0.875 bits per heavy atom. The second-order valence-corrected chi connectivity index (χ2v) is 9.59. The summed E-state index contributed by atoms with van der Waals surface area (Å²) in [5, 5.41) is 6.85. The first kappa shape index (κ1) is 28.4. The van der Waals surface area contributed by atoms with E-state index in [1.54, 1.807) is 36.4 Å². The van der Waals surface area contributed by atoms with E-state index in [0.29, 0.717) is 45.1 Å². The van der Waals surface area contributed by atoms with E-state index >= 15 is 0 Å². The fourth-order valence-electron chi connectivity index (χ4n) is 3.67. The summed E-state index contributed by atoms with van der Waals surface area (Å²) >= 11 is 3.45. The van der Waals surface area contributed by atoms with E-state index in [9.17, 15) is 9.59 Å². The van der Waals surface area contributed by atoms with Crippen LogP contribution in [0.4, 0.5) is 5.69 Å². The van der Waals surface area contributed by atoms with E-state index in [-0.39, 0.29) is 12.5 Å². The molecule has 0 heterocycles. The van der Waals surface area contributed by atoms with Gasteiger partial charge in [0, 0.05) is 11.3 Å². The van der Waals surface area contributed by atoms with Crippen molar-refractivity contribution < 1.29 is 23.8 Å². The fourth-order valence-corrected chi connectivity index (χ4v) is 4.18. The molecule has 0 atom stereocenters. The van der Waals surface area contributed by atoms with E-state index in [4.69, 9.17) is 14.2 Å². The van der Waals surface area contributed by atoms with Gasteiger partial charge in [-0.1, -0.05) is 42.5 Å². The topological polar surface area (TPSA) is 98.3 Å². The lowest BCUT2D eigenvalue weighted by molar-refractivity contribution is -0.118. The molecule has 4 aromatic carbocycles. The molecule has 0 bridgehead atoms. The number of rotatable bonds is 11. The van der Waals surface area contributed by atoms with E-state index in [0.717, 1.165) is 11.1 Å². The lowest BCUT2D eigenvalue weighted by Crippen LogP contribution is -2.20. The van der Waals surface area contributed by atoms with Crippen LogP contribution in [0.15, 0.2) is 101 Å².